The average molecular weight is 530 g/mol. The molecule has 16 heteroatoms. The van der Waals surface area contributed by atoms with Gasteiger partial charge in [-0.3, -0.25) is 0 Å². The van der Waals surface area contributed by atoms with Crippen LogP contribution in [0.4, 0.5) is 0 Å². The van der Waals surface area contributed by atoms with Crippen molar-refractivity contribution in [3.8, 4) is 0 Å². The quantitative estimate of drug-likeness (QED) is 0.147. The minimum atomic E-state index is -2.88. The van der Waals surface area contributed by atoms with Gasteiger partial charge in [0.05, 0.1) is 24.9 Å². The Balaban J connectivity index is 1.65. The van der Waals surface area contributed by atoms with Gasteiger partial charge in [-0.05, 0) is 13.8 Å². The number of hydrogen-bond donors (Lipinski definition) is 10. The molecule has 3 aliphatic heterocycles. The topological polar surface area (TPSA) is 266 Å². The maximum atomic E-state index is 11.3. The maximum Gasteiger partial charge on any atom is 0.364 e. The smallest absolute Gasteiger partial charge is 0.364 e. The molecular formula is C20H34O16. The predicted molar refractivity (Wildman–Crippen MR) is 110 cm³/mol. The maximum absolute atomic E-state index is 11.3. The summed E-state index contributed by atoms with van der Waals surface area (Å²) in [5, 5.41) is 101. The highest BCUT2D eigenvalue weighted by molar-refractivity contribution is 5.75. The lowest BCUT2D eigenvalue weighted by molar-refractivity contribution is -0.357. The van der Waals surface area contributed by atoms with E-state index in [0.717, 1.165) is 0 Å². The van der Waals surface area contributed by atoms with E-state index in [1.54, 1.807) is 0 Å². The first kappa shape index (κ1) is 29.5. The van der Waals surface area contributed by atoms with E-state index < -0.39 is 111 Å². The average Bonchev–Trinajstić information content (AvgIpc) is 2.81. The third-order valence-electron chi connectivity index (χ3n) is 6.57. The van der Waals surface area contributed by atoms with E-state index >= 15 is 0 Å². The number of rotatable bonds is 7. The minimum absolute atomic E-state index is 0.758. The summed E-state index contributed by atoms with van der Waals surface area (Å²) < 4.78 is 26.5. The molecule has 0 bridgehead atoms. The molecule has 3 heterocycles. The zero-order valence-corrected chi connectivity index (χ0v) is 19.4. The summed E-state index contributed by atoms with van der Waals surface area (Å²) in [6, 6.07) is 0. The van der Waals surface area contributed by atoms with Crippen LogP contribution in [-0.4, -0.2) is 155 Å². The van der Waals surface area contributed by atoms with Crippen LogP contribution < -0.4 is 0 Å². The second kappa shape index (κ2) is 11.3. The summed E-state index contributed by atoms with van der Waals surface area (Å²) in [5.74, 6) is -4.72. The summed E-state index contributed by atoms with van der Waals surface area (Å²) in [6.07, 6.45) is -22.6. The summed E-state index contributed by atoms with van der Waals surface area (Å²) in [4.78, 5) is 11.3. The summed E-state index contributed by atoms with van der Waals surface area (Å²) in [5.41, 5.74) is 0. The summed E-state index contributed by atoms with van der Waals surface area (Å²) >= 11 is 0. The Morgan fingerprint density at radius 2 is 1.47 bits per heavy atom. The molecule has 15 unspecified atom stereocenters. The van der Waals surface area contributed by atoms with Crippen molar-refractivity contribution in [2.75, 3.05) is 6.61 Å². The molecule has 0 aromatic carbocycles. The van der Waals surface area contributed by atoms with Gasteiger partial charge in [0.15, 0.2) is 12.6 Å². The van der Waals surface area contributed by atoms with E-state index in [2.05, 4.69) is 0 Å². The lowest BCUT2D eigenvalue weighted by Crippen LogP contribution is -2.64. The molecule has 3 rings (SSSR count). The van der Waals surface area contributed by atoms with Gasteiger partial charge in [-0.2, -0.15) is 0 Å². The number of aliphatic hydroxyl groups excluding tert-OH is 8. The van der Waals surface area contributed by atoms with Crippen molar-refractivity contribution in [3.63, 3.8) is 0 Å². The molecule has 0 amide bonds. The first-order valence-electron chi connectivity index (χ1n) is 11.3. The Labute approximate surface area is 204 Å². The predicted octanol–water partition coefficient (Wildman–Crippen LogP) is -5.67. The highest BCUT2D eigenvalue weighted by atomic mass is 16.7. The van der Waals surface area contributed by atoms with Gasteiger partial charge >= 0.3 is 5.97 Å². The Hall–Kier alpha value is -1.09. The van der Waals surface area contributed by atoms with Gasteiger partial charge < -0.3 is 74.7 Å². The monoisotopic (exact) mass is 530 g/mol. The van der Waals surface area contributed by atoms with Crippen molar-refractivity contribution in [2.24, 2.45) is 0 Å². The van der Waals surface area contributed by atoms with E-state index in [9.17, 15) is 50.8 Å². The molecule has 10 N–H and O–H groups in total. The van der Waals surface area contributed by atoms with Gasteiger partial charge in [-0.15, -0.1) is 0 Å². The van der Waals surface area contributed by atoms with E-state index in [-0.39, 0.29) is 0 Å². The van der Waals surface area contributed by atoms with E-state index in [4.69, 9.17) is 28.8 Å². The van der Waals surface area contributed by atoms with Crippen LogP contribution >= 0.6 is 0 Å². The second-order valence-corrected chi connectivity index (χ2v) is 9.31. The Kier molecular flexibility index (Phi) is 9.28. The highest BCUT2D eigenvalue weighted by Gasteiger charge is 2.53. The summed E-state index contributed by atoms with van der Waals surface area (Å²) in [6.45, 7) is 2.05. The van der Waals surface area contributed by atoms with Crippen LogP contribution in [0, 0.1) is 0 Å². The third-order valence-corrected chi connectivity index (χ3v) is 6.57. The first-order chi connectivity index (χ1) is 16.7. The standard InChI is InChI=1S/C20H34O16/c1-5-9(23)12(26)13(27)18(34-5)35-16-10(24)6(2)33-17(14(16)28)32-4-8(22)15-11(25)7(21)3-20(31,36-15)19(29)30/h5-18,21-28,31H,3-4H2,1-2H3,(H,29,30). The van der Waals surface area contributed by atoms with Crippen LogP contribution in [-0.2, 0) is 28.5 Å². The van der Waals surface area contributed by atoms with Crippen molar-refractivity contribution >= 4 is 5.97 Å². The Bertz CT molecular complexity index is 755. The van der Waals surface area contributed by atoms with Gasteiger partial charge in [0.2, 0.25) is 0 Å². The van der Waals surface area contributed by atoms with Crippen LogP contribution in [0.2, 0.25) is 0 Å². The first-order valence-corrected chi connectivity index (χ1v) is 11.3. The molecule has 15 atom stereocenters. The zero-order chi connectivity index (χ0) is 27.1. The van der Waals surface area contributed by atoms with E-state index in [0.29, 0.717) is 0 Å². The number of carbonyl (C=O) groups is 1. The minimum Gasteiger partial charge on any atom is -0.477 e. The van der Waals surface area contributed by atoms with Crippen LogP contribution in [0.1, 0.15) is 20.3 Å². The number of carboxylic acid groups (broad SMARTS) is 1. The Morgan fingerprint density at radius 1 is 0.889 bits per heavy atom. The molecule has 3 saturated heterocycles. The number of aliphatic hydroxyl groups is 9. The summed E-state index contributed by atoms with van der Waals surface area (Å²) in [7, 11) is 0. The molecule has 210 valence electrons. The fourth-order valence-corrected chi connectivity index (χ4v) is 4.27. The van der Waals surface area contributed by atoms with Crippen LogP contribution in [0.5, 0.6) is 0 Å². The van der Waals surface area contributed by atoms with Crippen LogP contribution in [0.25, 0.3) is 0 Å². The SMILES string of the molecule is CC1OC(OC2C(O)C(C)OC(OCC(O)C3OC(O)(C(=O)O)CC(O)C3O)C2O)C(O)C(O)C1O. The molecule has 3 fully saturated rings. The van der Waals surface area contributed by atoms with Crippen molar-refractivity contribution in [3.05, 3.63) is 0 Å². The third kappa shape index (κ3) is 5.82. The molecule has 0 saturated carbocycles. The Morgan fingerprint density at radius 3 is 2.08 bits per heavy atom. The second-order valence-electron chi connectivity index (χ2n) is 9.31. The fraction of sp³-hybridized carbons (Fsp3) is 0.950. The van der Waals surface area contributed by atoms with Gasteiger partial charge in [0, 0.05) is 6.42 Å². The van der Waals surface area contributed by atoms with Crippen molar-refractivity contribution in [1.82, 2.24) is 0 Å². The van der Waals surface area contributed by atoms with E-state index in [1.165, 1.54) is 13.8 Å². The van der Waals surface area contributed by atoms with Crippen molar-refractivity contribution in [2.45, 2.75) is 112 Å². The molecule has 36 heavy (non-hydrogen) atoms. The van der Waals surface area contributed by atoms with Gasteiger partial charge in [-0.1, -0.05) is 0 Å². The largest absolute Gasteiger partial charge is 0.477 e. The van der Waals surface area contributed by atoms with Gasteiger partial charge in [0.1, 0.15) is 54.9 Å². The molecule has 0 aliphatic carbocycles. The normalized spacial score (nSPS) is 51.0. The van der Waals surface area contributed by atoms with Crippen molar-refractivity contribution in [1.29, 1.82) is 0 Å². The number of hydrogen-bond acceptors (Lipinski definition) is 15. The molecule has 0 radical (unpaired) electrons. The molecule has 3 aliphatic rings. The van der Waals surface area contributed by atoms with E-state index in [1.807, 2.05) is 0 Å². The van der Waals surface area contributed by atoms with Crippen LogP contribution in [0.3, 0.4) is 0 Å². The lowest BCUT2D eigenvalue weighted by Gasteiger charge is -2.45. The van der Waals surface area contributed by atoms with Gasteiger partial charge in [0.25, 0.3) is 5.79 Å². The highest BCUT2D eigenvalue weighted by Crippen LogP contribution is 2.32. The zero-order valence-electron chi connectivity index (χ0n) is 19.4. The molecular weight excluding hydrogens is 496 g/mol. The molecule has 0 aromatic rings. The molecule has 0 aromatic heterocycles. The van der Waals surface area contributed by atoms with Gasteiger partial charge in [-0.25, -0.2) is 4.79 Å². The lowest BCUT2D eigenvalue weighted by atomic mass is 9.93. The number of carboxylic acids is 1. The number of ether oxygens (including phenoxy) is 5. The van der Waals surface area contributed by atoms with Crippen LogP contribution in [0.15, 0.2) is 0 Å². The fourth-order valence-electron chi connectivity index (χ4n) is 4.27. The van der Waals surface area contributed by atoms with Crippen molar-refractivity contribution < 1.29 is 79.5 Å². The number of aliphatic carboxylic acids is 1. The molecule has 16 nitrogen and oxygen atoms in total. The molecule has 0 spiro atoms.